The molecule has 2 rings (SSSR count). The zero-order valence-corrected chi connectivity index (χ0v) is 10.3. The van der Waals surface area contributed by atoms with E-state index >= 15 is 0 Å². The largest absolute Gasteiger partial charge is 0.279 e. The third kappa shape index (κ3) is 2.99. The van der Waals surface area contributed by atoms with Crippen molar-refractivity contribution in [2.24, 2.45) is 11.0 Å². The molecule has 0 saturated heterocycles. The zero-order valence-electron chi connectivity index (χ0n) is 9.54. The lowest BCUT2D eigenvalue weighted by Gasteiger charge is -2.20. The summed E-state index contributed by atoms with van der Waals surface area (Å²) in [4.78, 5) is 0. The number of halogens is 1. The Morgan fingerprint density at radius 3 is 2.69 bits per heavy atom. The van der Waals surface area contributed by atoms with Gasteiger partial charge in [-0.1, -0.05) is 24.9 Å². The van der Waals surface area contributed by atoms with Crippen LogP contribution in [0.25, 0.3) is 0 Å². The molecule has 1 fully saturated rings. The van der Waals surface area contributed by atoms with Gasteiger partial charge in [-0.15, -0.1) is 0 Å². The Balaban J connectivity index is 1.99. The highest BCUT2D eigenvalue weighted by molar-refractivity contribution is 6.30. The molecular weight excluding hydrogens is 220 g/mol. The number of nitrogens with one attached hydrogen (secondary N) is 1. The minimum absolute atomic E-state index is 0.619. The maximum Gasteiger partial charge on any atom is 0.0562 e. The van der Waals surface area contributed by atoms with Crippen LogP contribution in [0.3, 0.4) is 0 Å². The number of benzene rings is 1. The van der Waals surface area contributed by atoms with Crippen LogP contribution in [0.2, 0.25) is 5.02 Å². The van der Waals surface area contributed by atoms with E-state index < -0.39 is 0 Å². The van der Waals surface area contributed by atoms with E-state index in [9.17, 15) is 0 Å². The van der Waals surface area contributed by atoms with Crippen LogP contribution in [0, 0.1) is 5.92 Å². The van der Waals surface area contributed by atoms with Crippen molar-refractivity contribution < 1.29 is 0 Å². The second kappa shape index (κ2) is 5.35. The lowest BCUT2D eigenvalue weighted by molar-refractivity contribution is 0.558. The van der Waals surface area contributed by atoms with Crippen LogP contribution < -0.4 is 5.43 Å². The molecule has 0 bridgehead atoms. The first-order chi connectivity index (χ1) is 7.75. The molecule has 0 aromatic heterocycles. The van der Waals surface area contributed by atoms with E-state index in [2.05, 4.69) is 17.5 Å². The van der Waals surface area contributed by atoms with E-state index in [1.54, 1.807) is 0 Å². The number of hydrogen-bond acceptors (Lipinski definition) is 2. The molecule has 0 amide bonds. The summed E-state index contributed by atoms with van der Waals surface area (Å²) in [6.07, 6.45) is 5.00. The second-order valence-corrected chi connectivity index (χ2v) is 4.81. The van der Waals surface area contributed by atoms with E-state index in [0.29, 0.717) is 5.92 Å². The van der Waals surface area contributed by atoms with E-state index in [4.69, 9.17) is 11.6 Å². The Morgan fingerprint density at radius 1 is 1.25 bits per heavy atom. The van der Waals surface area contributed by atoms with E-state index in [1.165, 1.54) is 25.0 Å². The van der Waals surface area contributed by atoms with Crippen LogP contribution in [0.4, 0.5) is 5.69 Å². The summed E-state index contributed by atoms with van der Waals surface area (Å²) in [6, 6.07) is 7.63. The van der Waals surface area contributed by atoms with Gasteiger partial charge in [-0.25, -0.2) is 0 Å². The molecule has 1 saturated carbocycles. The molecule has 1 atom stereocenters. The van der Waals surface area contributed by atoms with Gasteiger partial charge in [-0.05, 0) is 49.4 Å². The van der Waals surface area contributed by atoms with Crippen molar-refractivity contribution in [3.8, 4) is 0 Å². The van der Waals surface area contributed by atoms with Crippen molar-refractivity contribution in [2.45, 2.75) is 32.6 Å². The van der Waals surface area contributed by atoms with Crippen LogP contribution in [-0.2, 0) is 0 Å². The SMILES string of the molecule is C[C@H]1CCCC/C1=N/Nc1ccc(Cl)cc1. The fourth-order valence-electron chi connectivity index (χ4n) is 2.00. The molecular formula is C13H17ClN2. The van der Waals surface area contributed by atoms with Crippen molar-refractivity contribution in [2.75, 3.05) is 5.43 Å². The summed E-state index contributed by atoms with van der Waals surface area (Å²) in [5, 5.41) is 5.24. The summed E-state index contributed by atoms with van der Waals surface area (Å²) in [7, 11) is 0. The van der Waals surface area contributed by atoms with Gasteiger partial charge in [-0.2, -0.15) is 5.10 Å². The third-order valence-corrected chi connectivity index (χ3v) is 3.31. The Hall–Kier alpha value is -1.02. The molecule has 1 aliphatic carbocycles. The van der Waals surface area contributed by atoms with Crippen LogP contribution in [-0.4, -0.2) is 5.71 Å². The number of anilines is 1. The van der Waals surface area contributed by atoms with Crippen molar-refractivity contribution >= 4 is 23.0 Å². The molecule has 0 radical (unpaired) electrons. The van der Waals surface area contributed by atoms with Gasteiger partial charge in [0.05, 0.1) is 5.69 Å². The molecule has 0 aliphatic heterocycles. The zero-order chi connectivity index (χ0) is 11.4. The van der Waals surface area contributed by atoms with Gasteiger partial charge in [0.2, 0.25) is 0 Å². The smallest absolute Gasteiger partial charge is 0.0562 e. The lowest BCUT2D eigenvalue weighted by atomic mass is 9.89. The first-order valence-corrected chi connectivity index (χ1v) is 6.21. The van der Waals surface area contributed by atoms with Gasteiger partial charge in [0, 0.05) is 10.7 Å². The van der Waals surface area contributed by atoms with Gasteiger partial charge in [-0.3, -0.25) is 5.43 Å². The Morgan fingerprint density at radius 2 is 2.00 bits per heavy atom. The van der Waals surface area contributed by atoms with E-state index in [-0.39, 0.29) is 0 Å². The third-order valence-electron chi connectivity index (χ3n) is 3.06. The summed E-state index contributed by atoms with van der Waals surface area (Å²) in [5.41, 5.74) is 5.39. The number of hydrazone groups is 1. The first kappa shape index (κ1) is 11.5. The number of nitrogens with zero attached hydrogens (tertiary/aromatic N) is 1. The molecule has 0 spiro atoms. The first-order valence-electron chi connectivity index (χ1n) is 5.84. The quantitative estimate of drug-likeness (QED) is 0.760. The standard InChI is InChI=1S/C13H17ClN2/c1-10-4-2-3-5-13(10)16-15-12-8-6-11(14)7-9-12/h6-10,15H,2-5H2,1H3/b16-13-/t10-/m0/s1. The van der Waals surface area contributed by atoms with Gasteiger partial charge < -0.3 is 0 Å². The van der Waals surface area contributed by atoms with Crippen molar-refractivity contribution in [3.63, 3.8) is 0 Å². The molecule has 2 nitrogen and oxygen atoms in total. The Bertz CT molecular complexity index is 370. The minimum Gasteiger partial charge on any atom is -0.279 e. The molecule has 1 aromatic rings. The van der Waals surface area contributed by atoms with E-state index in [0.717, 1.165) is 17.1 Å². The lowest BCUT2D eigenvalue weighted by Crippen LogP contribution is -2.17. The Labute approximate surface area is 102 Å². The van der Waals surface area contributed by atoms with Crippen molar-refractivity contribution in [3.05, 3.63) is 29.3 Å². The molecule has 1 aliphatic rings. The molecule has 0 unspecified atom stereocenters. The van der Waals surface area contributed by atoms with Gasteiger partial charge >= 0.3 is 0 Å². The minimum atomic E-state index is 0.619. The van der Waals surface area contributed by atoms with Crippen molar-refractivity contribution in [1.29, 1.82) is 0 Å². The van der Waals surface area contributed by atoms with Crippen molar-refractivity contribution in [1.82, 2.24) is 0 Å². The van der Waals surface area contributed by atoms with Crippen LogP contribution >= 0.6 is 11.6 Å². The number of rotatable bonds is 2. The molecule has 16 heavy (non-hydrogen) atoms. The Kier molecular flexibility index (Phi) is 3.83. The average Bonchev–Trinajstić information content (AvgIpc) is 2.30. The average molecular weight is 237 g/mol. The topological polar surface area (TPSA) is 24.4 Å². The van der Waals surface area contributed by atoms with Crippen LogP contribution in [0.1, 0.15) is 32.6 Å². The summed E-state index contributed by atoms with van der Waals surface area (Å²) in [5.74, 6) is 0.619. The van der Waals surface area contributed by atoms with Gasteiger partial charge in [0.1, 0.15) is 0 Å². The van der Waals surface area contributed by atoms with Crippen LogP contribution in [0.5, 0.6) is 0 Å². The summed E-state index contributed by atoms with van der Waals surface area (Å²) >= 11 is 5.82. The molecule has 3 heteroatoms. The maximum absolute atomic E-state index is 5.82. The van der Waals surface area contributed by atoms with Crippen LogP contribution in [0.15, 0.2) is 29.4 Å². The predicted octanol–water partition coefficient (Wildman–Crippen LogP) is 4.32. The highest BCUT2D eigenvalue weighted by Gasteiger charge is 2.15. The summed E-state index contributed by atoms with van der Waals surface area (Å²) in [6.45, 7) is 2.25. The second-order valence-electron chi connectivity index (χ2n) is 4.37. The summed E-state index contributed by atoms with van der Waals surface area (Å²) < 4.78 is 0. The normalized spacial score (nSPS) is 23.4. The monoisotopic (exact) mass is 236 g/mol. The molecule has 0 heterocycles. The number of hydrogen-bond donors (Lipinski definition) is 1. The maximum atomic E-state index is 5.82. The predicted molar refractivity (Wildman–Crippen MR) is 70.1 cm³/mol. The van der Waals surface area contributed by atoms with E-state index in [1.807, 2.05) is 24.3 Å². The fraction of sp³-hybridized carbons (Fsp3) is 0.462. The fourth-order valence-corrected chi connectivity index (χ4v) is 2.12. The highest BCUT2D eigenvalue weighted by atomic mass is 35.5. The van der Waals surface area contributed by atoms with Gasteiger partial charge in [0.25, 0.3) is 0 Å². The molecule has 86 valence electrons. The highest BCUT2D eigenvalue weighted by Crippen LogP contribution is 2.21. The molecule has 1 aromatic carbocycles. The van der Waals surface area contributed by atoms with Gasteiger partial charge in [0.15, 0.2) is 0 Å². The molecule has 1 N–H and O–H groups in total.